The fourth-order valence-corrected chi connectivity index (χ4v) is 5.69. The van der Waals surface area contributed by atoms with Crippen molar-refractivity contribution in [1.82, 2.24) is 10.6 Å². The third-order valence-corrected chi connectivity index (χ3v) is 7.90. The van der Waals surface area contributed by atoms with E-state index in [1.54, 1.807) is 0 Å². The molecule has 2 aromatic carbocycles. The maximum atomic E-state index is 14.9. The Morgan fingerprint density at radius 1 is 1.09 bits per heavy atom. The molecule has 12 heteroatoms. The summed E-state index contributed by atoms with van der Waals surface area (Å²) in [6.07, 6.45) is -2.27. The highest BCUT2D eigenvalue weighted by atomic mass is 19.4. The van der Waals surface area contributed by atoms with E-state index in [4.69, 9.17) is 4.42 Å². The molecule has 2 heterocycles. The number of hydrogen-bond donors (Lipinski definition) is 2. The molecule has 2 aliphatic rings. The molecule has 1 fully saturated rings. The van der Waals surface area contributed by atoms with Crippen LogP contribution in [0.3, 0.4) is 0 Å². The Balaban J connectivity index is 1.63. The molecule has 2 N–H and O–H groups in total. The number of hydrogen-bond acceptors (Lipinski definition) is 5. The predicted octanol–water partition coefficient (Wildman–Crippen LogP) is 5.06. The zero-order valence-corrected chi connectivity index (χ0v) is 23.0. The van der Waals surface area contributed by atoms with Crippen LogP contribution in [0.15, 0.2) is 51.9 Å². The van der Waals surface area contributed by atoms with Crippen LogP contribution in [0.25, 0.3) is 17.4 Å². The van der Waals surface area contributed by atoms with Crippen molar-refractivity contribution in [2.24, 2.45) is 4.99 Å². The van der Waals surface area contributed by atoms with Gasteiger partial charge in [0.05, 0.1) is 28.5 Å². The summed E-state index contributed by atoms with van der Waals surface area (Å²) in [4.78, 5) is 30.6. The standard InChI is InChI=1S/C31H27F5N4O3/c1-38-28(42)25-22-15-20(18-6-9-23(33)21(14-18)27(41)40-30(16-37)11-2-3-12-30)24(10-13-31(34,35)36)39-29(22)43-26(25)17-4-7-19(32)8-5-17/h4-9,14-15,20,24H,2-3,10-13H2,1H3,(H,38,42)(H,40,41). The largest absolute Gasteiger partial charge is 0.437 e. The van der Waals surface area contributed by atoms with Gasteiger partial charge in [0.25, 0.3) is 11.8 Å². The van der Waals surface area contributed by atoms with Gasteiger partial charge in [0.1, 0.15) is 22.9 Å². The molecule has 2 atom stereocenters. The number of halogens is 5. The van der Waals surface area contributed by atoms with Gasteiger partial charge in [0, 0.05) is 24.9 Å². The van der Waals surface area contributed by atoms with Gasteiger partial charge in [-0.05, 0) is 74.1 Å². The normalized spacial score (nSPS) is 19.0. The maximum absolute atomic E-state index is 14.9. The highest BCUT2D eigenvalue weighted by molar-refractivity contribution is 6.00. The van der Waals surface area contributed by atoms with Crippen LogP contribution < -0.4 is 21.4 Å². The molecule has 1 aliphatic carbocycles. The minimum atomic E-state index is -4.49. The number of benzene rings is 2. The van der Waals surface area contributed by atoms with E-state index in [1.807, 2.05) is 0 Å². The molecule has 0 radical (unpaired) electrons. The third-order valence-electron chi connectivity index (χ3n) is 7.90. The van der Waals surface area contributed by atoms with Gasteiger partial charge >= 0.3 is 6.18 Å². The van der Waals surface area contributed by atoms with E-state index >= 15 is 0 Å². The second-order valence-electron chi connectivity index (χ2n) is 10.7. The molecule has 0 bridgehead atoms. The van der Waals surface area contributed by atoms with E-state index in [9.17, 15) is 36.8 Å². The van der Waals surface area contributed by atoms with Crippen LogP contribution in [0.5, 0.6) is 0 Å². The number of carbonyl (C=O) groups is 2. The average molecular weight is 599 g/mol. The van der Waals surface area contributed by atoms with E-state index in [1.165, 1.54) is 49.5 Å². The molecule has 2 unspecified atom stereocenters. The molecule has 0 spiro atoms. The Kier molecular flexibility index (Phi) is 8.10. The molecular weight excluding hydrogens is 571 g/mol. The first-order chi connectivity index (χ1) is 20.4. The number of nitriles is 1. The molecule has 1 saturated carbocycles. The van der Waals surface area contributed by atoms with Gasteiger partial charge in [-0.25, -0.2) is 13.8 Å². The monoisotopic (exact) mass is 598 g/mol. The number of fused-ring (bicyclic) bond motifs is 1. The lowest BCUT2D eigenvalue weighted by atomic mass is 9.85. The number of furan rings is 1. The fraction of sp³-hybridized carbons (Fsp3) is 0.355. The number of amides is 2. The first kappa shape index (κ1) is 29.9. The lowest BCUT2D eigenvalue weighted by Gasteiger charge is -2.25. The smallest absolute Gasteiger partial charge is 0.389 e. The van der Waals surface area contributed by atoms with Crippen molar-refractivity contribution in [1.29, 1.82) is 5.26 Å². The zero-order chi connectivity index (χ0) is 30.9. The molecule has 0 saturated heterocycles. The van der Waals surface area contributed by atoms with Crippen molar-refractivity contribution in [2.75, 3.05) is 7.05 Å². The minimum absolute atomic E-state index is 0.0457. The summed E-state index contributed by atoms with van der Waals surface area (Å²) in [7, 11) is 1.39. The Morgan fingerprint density at radius 3 is 2.42 bits per heavy atom. The van der Waals surface area contributed by atoms with Gasteiger partial charge < -0.3 is 15.1 Å². The Labute approximate surface area is 243 Å². The Bertz CT molecular complexity index is 1720. The van der Waals surface area contributed by atoms with Crippen LogP contribution in [0.2, 0.25) is 0 Å². The average Bonchev–Trinajstić information content (AvgIpc) is 3.60. The van der Waals surface area contributed by atoms with E-state index in [0.717, 1.165) is 18.9 Å². The van der Waals surface area contributed by atoms with Crippen molar-refractivity contribution in [3.05, 3.63) is 81.6 Å². The van der Waals surface area contributed by atoms with Crippen LogP contribution in [0, 0.1) is 23.0 Å². The lowest BCUT2D eigenvalue weighted by Crippen LogP contribution is -2.45. The van der Waals surface area contributed by atoms with E-state index in [-0.39, 0.29) is 33.2 Å². The van der Waals surface area contributed by atoms with Gasteiger partial charge in [-0.1, -0.05) is 12.1 Å². The summed E-state index contributed by atoms with van der Waals surface area (Å²) in [6.45, 7) is 0. The van der Waals surface area contributed by atoms with E-state index < -0.39 is 60.0 Å². The molecular formula is C31H27F5N4O3. The molecule has 3 aromatic rings. The molecule has 43 heavy (non-hydrogen) atoms. The van der Waals surface area contributed by atoms with Crippen LogP contribution >= 0.6 is 0 Å². The summed E-state index contributed by atoms with van der Waals surface area (Å²) >= 11 is 0. The van der Waals surface area contributed by atoms with Crippen molar-refractivity contribution >= 4 is 17.9 Å². The highest BCUT2D eigenvalue weighted by Crippen LogP contribution is 2.34. The Morgan fingerprint density at radius 2 is 1.79 bits per heavy atom. The second kappa shape index (κ2) is 11.6. The zero-order valence-electron chi connectivity index (χ0n) is 23.0. The van der Waals surface area contributed by atoms with Crippen molar-refractivity contribution < 1.29 is 36.0 Å². The lowest BCUT2D eigenvalue weighted by molar-refractivity contribution is -0.136. The molecule has 5 rings (SSSR count). The number of alkyl halides is 3. The van der Waals surface area contributed by atoms with Crippen molar-refractivity contribution in [2.45, 2.75) is 62.2 Å². The minimum Gasteiger partial charge on any atom is -0.437 e. The summed E-state index contributed by atoms with van der Waals surface area (Å²) < 4.78 is 74.4. The van der Waals surface area contributed by atoms with Gasteiger partial charge in [0.15, 0.2) is 0 Å². The molecule has 1 aromatic heterocycles. The van der Waals surface area contributed by atoms with Gasteiger partial charge in [-0.2, -0.15) is 18.4 Å². The van der Waals surface area contributed by atoms with Crippen LogP contribution in [0.4, 0.5) is 22.0 Å². The molecule has 7 nitrogen and oxygen atoms in total. The predicted molar refractivity (Wildman–Crippen MR) is 145 cm³/mol. The van der Waals surface area contributed by atoms with Crippen LogP contribution in [0.1, 0.15) is 70.7 Å². The SMILES string of the molecule is CNC(=O)c1c(-c2ccc(F)cc2)oc2c1=CC(c1ccc(F)c(C(=O)NC3(C#N)CCCC3)c1)C(CCC(F)(F)F)N=2. The first-order valence-corrected chi connectivity index (χ1v) is 13.7. The first-order valence-electron chi connectivity index (χ1n) is 13.7. The molecule has 224 valence electrons. The second-order valence-corrected chi connectivity index (χ2v) is 10.7. The summed E-state index contributed by atoms with van der Waals surface area (Å²) in [6, 6.07) is 9.85. The number of carbonyl (C=O) groups excluding carboxylic acids is 2. The van der Waals surface area contributed by atoms with Gasteiger partial charge in [0.2, 0.25) is 5.55 Å². The molecule has 2 amide bonds. The quantitative estimate of drug-likeness (QED) is 0.371. The van der Waals surface area contributed by atoms with E-state index in [2.05, 4.69) is 21.7 Å². The van der Waals surface area contributed by atoms with Gasteiger partial charge in [-0.3, -0.25) is 9.59 Å². The highest BCUT2D eigenvalue weighted by Gasteiger charge is 2.37. The topological polar surface area (TPSA) is 107 Å². The van der Waals surface area contributed by atoms with Crippen molar-refractivity contribution in [3.63, 3.8) is 0 Å². The van der Waals surface area contributed by atoms with Crippen molar-refractivity contribution in [3.8, 4) is 17.4 Å². The maximum Gasteiger partial charge on any atom is 0.389 e. The Hall–Kier alpha value is -4.53. The summed E-state index contributed by atoms with van der Waals surface area (Å²) in [5.41, 5.74) is -0.869. The number of nitrogens with zero attached hydrogens (tertiary/aromatic N) is 2. The van der Waals surface area contributed by atoms with Crippen LogP contribution in [-0.4, -0.2) is 36.6 Å². The van der Waals surface area contributed by atoms with Gasteiger partial charge in [-0.15, -0.1) is 0 Å². The van der Waals surface area contributed by atoms with Crippen LogP contribution in [-0.2, 0) is 0 Å². The van der Waals surface area contributed by atoms with E-state index in [0.29, 0.717) is 18.4 Å². The summed E-state index contributed by atoms with van der Waals surface area (Å²) in [5.74, 6) is -3.61. The molecule has 1 aliphatic heterocycles. The number of nitrogens with one attached hydrogen (secondary N) is 2. The fourth-order valence-electron chi connectivity index (χ4n) is 5.69. The number of rotatable bonds is 7. The third kappa shape index (κ3) is 6.16. The summed E-state index contributed by atoms with van der Waals surface area (Å²) in [5, 5.41) is 15.0.